The number of rotatable bonds is 5. The molecule has 8 heteroatoms. The van der Waals surface area contributed by atoms with E-state index in [1.807, 2.05) is 54.6 Å². The van der Waals surface area contributed by atoms with E-state index in [4.69, 9.17) is 4.42 Å². The van der Waals surface area contributed by atoms with E-state index in [2.05, 4.69) is 30.2 Å². The summed E-state index contributed by atoms with van der Waals surface area (Å²) in [4.78, 5) is 34.5. The quantitative estimate of drug-likeness (QED) is 0.470. The smallest absolute Gasteiger partial charge is 0.234 e. The van der Waals surface area contributed by atoms with Gasteiger partial charge in [-0.3, -0.25) is 14.8 Å². The Labute approximate surface area is 177 Å². The number of hydrogen-bond acceptors (Lipinski definition) is 7. The number of pyridine rings is 2. The molecule has 0 saturated carbocycles. The van der Waals surface area contributed by atoms with Crippen molar-refractivity contribution < 1.29 is 9.21 Å². The molecule has 0 radical (unpaired) electrons. The van der Waals surface area contributed by atoms with Gasteiger partial charge in [0.25, 0.3) is 0 Å². The molecule has 0 aliphatic heterocycles. The molecule has 150 valence electrons. The number of nitrogens with one attached hydrogen (secondary N) is 1. The van der Waals surface area contributed by atoms with Crippen molar-refractivity contribution >= 4 is 22.8 Å². The summed E-state index contributed by atoms with van der Waals surface area (Å²) >= 11 is 0. The van der Waals surface area contributed by atoms with Crippen LogP contribution in [-0.4, -0.2) is 30.8 Å². The van der Waals surface area contributed by atoms with Crippen molar-refractivity contribution in [3.63, 3.8) is 0 Å². The number of hydrogen-bond donors (Lipinski definition) is 1. The molecule has 0 fully saturated rings. The Morgan fingerprint density at radius 2 is 1.81 bits per heavy atom. The van der Waals surface area contributed by atoms with E-state index in [0.717, 1.165) is 5.56 Å². The highest BCUT2D eigenvalue weighted by molar-refractivity contribution is 5.92. The van der Waals surface area contributed by atoms with Crippen LogP contribution in [0.1, 0.15) is 5.89 Å². The molecule has 1 N–H and O–H groups in total. The van der Waals surface area contributed by atoms with Crippen molar-refractivity contribution in [1.29, 1.82) is 0 Å². The molecule has 0 bridgehead atoms. The van der Waals surface area contributed by atoms with Gasteiger partial charge in [-0.05, 0) is 36.4 Å². The van der Waals surface area contributed by atoms with Gasteiger partial charge in [-0.15, -0.1) is 0 Å². The van der Waals surface area contributed by atoms with Gasteiger partial charge in [0.15, 0.2) is 11.4 Å². The fraction of sp³-hybridized carbons (Fsp3) is 0.0435. The predicted octanol–water partition coefficient (Wildman–Crippen LogP) is 3.92. The van der Waals surface area contributed by atoms with Crippen LogP contribution in [0.15, 0.2) is 83.7 Å². The van der Waals surface area contributed by atoms with Gasteiger partial charge in [-0.2, -0.15) is 0 Å². The molecule has 31 heavy (non-hydrogen) atoms. The van der Waals surface area contributed by atoms with Crippen LogP contribution in [0.2, 0.25) is 0 Å². The Kier molecular flexibility index (Phi) is 4.86. The lowest BCUT2D eigenvalue weighted by atomic mass is 10.2. The molecule has 4 aromatic heterocycles. The summed E-state index contributed by atoms with van der Waals surface area (Å²) in [6, 6.07) is 18.3. The number of carbonyl (C=O) groups is 1. The van der Waals surface area contributed by atoms with Crippen molar-refractivity contribution in [1.82, 2.24) is 24.9 Å². The second-order valence-electron chi connectivity index (χ2n) is 6.72. The third kappa shape index (κ3) is 4.13. The fourth-order valence-corrected chi connectivity index (χ4v) is 3.10. The predicted molar refractivity (Wildman–Crippen MR) is 115 cm³/mol. The van der Waals surface area contributed by atoms with Crippen LogP contribution in [0.4, 0.5) is 5.82 Å². The Morgan fingerprint density at radius 3 is 2.61 bits per heavy atom. The van der Waals surface area contributed by atoms with Crippen LogP contribution in [-0.2, 0) is 11.2 Å². The van der Waals surface area contributed by atoms with Gasteiger partial charge in [0, 0.05) is 30.2 Å². The average Bonchev–Trinajstić information content (AvgIpc) is 3.22. The Hall–Kier alpha value is -4.46. The van der Waals surface area contributed by atoms with E-state index >= 15 is 0 Å². The van der Waals surface area contributed by atoms with Crippen molar-refractivity contribution in [2.45, 2.75) is 6.42 Å². The molecule has 0 unspecified atom stereocenters. The van der Waals surface area contributed by atoms with Crippen LogP contribution in [0.25, 0.3) is 33.9 Å². The summed E-state index contributed by atoms with van der Waals surface area (Å²) in [5.41, 5.74) is 3.38. The second-order valence-corrected chi connectivity index (χ2v) is 6.72. The first-order chi connectivity index (χ1) is 15.2. The van der Waals surface area contributed by atoms with Gasteiger partial charge in [0.2, 0.25) is 11.8 Å². The number of anilines is 1. The summed E-state index contributed by atoms with van der Waals surface area (Å²) < 4.78 is 5.64. The first kappa shape index (κ1) is 18.6. The number of nitrogens with zero attached hydrogens (tertiary/aromatic N) is 5. The lowest BCUT2D eigenvalue weighted by Crippen LogP contribution is -2.16. The van der Waals surface area contributed by atoms with E-state index < -0.39 is 0 Å². The minimum absolute atomic E-state index is 0.0141. The summed E-state index contributed by atoms with van der Waals surface area (Å²) in [6.45, 7) is 0. The maximum absolute atomic E-state index is 12.7. The van der Waals surface area contributed by atoms with Crippen molar-refractivity contribution in [2.75, 3.05) is 5.32 Å². The zero-order valence-corrected chi connectivity index (χ0v) is 16.3. The Balaban J connectivity index is 1.45. The highest BCUT2D eigenvalue weighted by Crippen LogP contribution is 2.23. The largest absolute Gasteiger partial charge is 0.440 e. The number of fused-ring (bicyclic) bond motifs is 1. The van der Waals surface area contributed by atoms with E-state index in [-0.39, 0.29) is 12.3 Å². The third-order valence-corrected chi connectivity index (χ3v) is 4.49. The number of aromatic nitrogens is 5. The van der Waals surface area contributed by atoms with E-state index in [9.17, 15) is 4.79 Å². The molecular weight excluding hydrogens is 392 g/mol. The van der Waals surface area contributed by atoms with Crippen LogP contribution in [0.5, 0.6) is 0 Å². The highest BCUT2D eigenvalue weighted by Gasteiger charge is 2.14. The van der Waals surface area contributed by atoms with Gasteiger partial charge in [0.05, 0.1) is 5.69 Å². The Morgan fingerprint density at radius 1 is 0.903 bits per heavy atom. The summed E-state index contributed by atoms with van der Waals surface area (Å²) in [7, 11) is 0. The lowest BCUT2D eigenvalue weighted by Gasteiger charge is -2.09. The minimum atomic E-state index is -0.297. The van der Waals surface area contributed by atoms with Gasteiger partial charge < -0.3 is 9.73 Å². The normalized spacial score (nSPS) is 10.8. The van der Waals surface area contributed by atoms with E-state index in [1.54, 1.807) is 24.7 Å². The van der Waals surface area contributed by atoms with E-state index in [1.165, 1.54) is 0 Å². The maximum atomic E-state index is 12.7. The lowest BCUT2D eigenvalue weighted by molar-refractivity contribution is -0.115. The van der Waals surface area contributed by atoms with Crippen molar-refractivity contribution in [3.8, 4) is 22.8 Å². The molecule has 5 aromatic rings. The summed E-state index contributed by atoms with van der Waals surface area (Å²) in [5.74, 6) is 0.800. The van der Waals surface area contributed by atoms with Gasteiger partial charge in [0.1, 0.15) is 23.4 Å². The second kappa shape index (κ2) is 8.11. The summed E-state index contributed by atoms with van der Waals surface area (Å²) in [5, 5.41) is 2.82. The zero-order chi connectivity index (χ0) is 21.0. The molecule has 0 saturated heterocycles. The molecular formula is C23H16N6O2. The topological polar surface area (TPSA) is 107 Å². The number of carbonyl (C=O) groups excluding carboxylic acids is 1. The molecule has 0 aliphatic carbocycles. The molecule has 5 rings (SSSR count). The molecule has 1 aromatic carbocycles. The molecule has 8 nitrogen and oxygen atoms in total. The molecule has 4 heterocycles. The standard InChI is InChI=1S/C23H16N6O2/c30-21(13-22-26-16-7-1-2-9-19(16)31-22)28-20-12-18(15-6-5-10-24-14-15)27-23(29-20)17-8-3-4-11-25-17/h1-12,14H,13H2,(H,27,28,29,30). The van der Waals surface area contributed by atoms with Gasteiger partial charge >= 0.3 is 0 Å². The number of oxazole rings is 1. The maximum Gasteiger partial charge on any atom is 0.234 e. The van der Waals surface area contributed by atoms with Gasteiger partial charge in [-0.25, -0.2) is 15.0 Å². The molecule has 0 spiro atoms. The minimum Gasteiger partial charge on any atom is -0.440 e. The SMILES string of the molecule is O=C(Cc1nc2ccccc2o1)Nc1cc(-c2cccnc2)nc(-c2ccccn2)n1. The number of benzene rings is 1. The van der Waals surface area contributed by atoms with Crippen LogP contribution in [0, 0.1) is 0 Å². The first-order valence-corrected chi connectivity index (χ1v) is 9.60. The van der Waals surface area contributed by atoms with Crippen molar-refractivity contribution in [2.24, 2.45) is 0 Å². The Bertz CT molecular complexity index is 1260. The summed E-state index contributed by atoms with van der Waals surface area (Å²) in [6.07, 6.45) is 5.04. The average molecular weight is 408 g/mol. The van der Waals surface area contributed by atoms with Crippen LogP contribution in [0.3, 0.4) is 0 Å². The molecule has 1 amide bonds. The molecule has 0 atom stereocenters. The number of para-hydroxylation sites is 2. The van der Waals surface area contributed by atoms with Crippen molar-refractivity contribution in [3.05, 3.63) is 85.1 Å². The highest BCUT2D eigenvalue weighted by atomic mass is 16.3. The fourth-order valence-electron chi connectivity index (χ4n) is 3.10. The molecule has 0 aliphatic rings. The number of amides is 1. The monoisotopic (exact) mass is 408 g/mol. The van der Waals surface area contributed by atoms with E-state index in [0.29, 0.717) is 40.0 Å². The van der Waals surface area contributed by atoms with Crippen LogP contribution < -0.4 is 5.32 Å². The first-order valence-electron chi connectivity index (χ1n) is 9.60. The third-order valence-electron chi connectivity index (χ3n) is 4.49. The zero-order valence-electron chi connectivity index (χ0n) is 16.3. The van der Waals surface area contributed by atoms with Gasteiger partial charge in [-0.1, -0.05) is 18.2 Å². The van der Waals surface area contributed by atoms with Crippen LogP contribution >= 0.6 is 0 Å².